The quantitative estimate of drug-likeness (QED) is 0.660. The van der Waals surface area contributed by atoms with Crippen LogP contribution in [0.1, 0.15) is 21.5 Å². The monoisotopic (exact) mass is 391 g/mol. The molecular formula is C21H21N5O3. The molecule has 0 unspecified atom stereocenters. The summed E-state index contributed by atoms with van der Waals surface area (Å²) in [7, 11) is 1.93. The van der Waals surface area contributed by atoms with Gasteiger partial charge < -0.3 is 19.7 Å². The number of benzene rings is 1. The highest BCUT2D eigenvalue weighted by Gasteiger charge is 2.14. The Bertz CT molecular complexity index is 979. The zero-order chi connectivity index (χ0) is 20.1. The Morgan fingerprint density at radius 1 is 1.07 bits per heavy atom. The summed E-state index contributed by atoms with van der Waals surface area (Å²) < 4.78 is 10.6. The van der Waals surface area contributed by atoms with Crippen molar-refractivity contribution in [3.05, 3.63) is 71.8 Å². The summed E-state index contributed by atoms with van der Waals surface area (Å²) in [4.78, 5) is 27.0. The molecule has 1 aliphatic rings. The van der Waals surface area contributed by atoms with Gasteiger partial charge in [0.15, 0.2) is 11.5 Å². The van der Waals surface area contributed by atoms with Gasteiger partial charge in [-0.2, -0.15) is 0 Å². The molecule has 8 nitrogen and oxygen atoms in total. The lowest BCUT2D eigenvalue weighted by atomic mass is 10.2. The molecule has 0 aliphatic carbocycles. The molecule has 1 aromatic carbocycles. The van der Waals surface area contributed by atoms with E-state index in [1.807, 2.05) is 42.3 Å². The molecule has 1 aliphatic heterocycles. The average Bonchev–Trinajstić information content (AvgIpc) is 3.24. The van der Waals surface area contributed by atoms with Crippen LogP contribution in [0.15, 0.2) is 55.1 Å². The second kappa shape index (κ2) is 8.55. The number of aromatic nitrogens is 3. The van der Waals surface area contributed by atoms with Crippen LogP contribution in [-0.4, -0.2) is 41.2 Å². The Hall–Kier alpha value is -3.68. The number of ether oxygens (including phenoxy) is 2. The normalized spacial score (nSPS) is 11.9. The van der Waals surface area contributed by atoms with Crippen LogP contribution in [0.2, 0.25) is 0 Å². The van der Waals surface area contributed by atoms with E-state index >= 15 is 0 Å². The van der Waals surface area contributed by atoms with Crippen molar-refractivity contribution in [2.24, 2.45) is 0 Å². The van der Waals surface area contributed by atoms with E-state index in [0.717, 1.165) is 24.3 Å². The third-order valence-electron chi connectivity index (χ3n) is 4.62. The number of hydrogen-bond donors (Lipinski definition) is 1. The number of nitrogens with one attached hydrogen (secondary N) is 1. The van der Waals surface area contributed by atoms with Crippen molar-refractivity contribution in [3.8, 4) is 11.5 Å². The number of likely N-dealkylation sites (N-methyl/N-ethyl adjacent to an activating group) is 1. The number of hydrogen-bond acceptors (Lipinski definition) is 7. The summed E-state index contributed by atoms with van der Waals surface area (Å²) in [5, 5.41) is 2.87. The molecule has 0 atom stereocenters. The third kappa shape index (κ3) is 4.60. The van der Waals surface area contributed by atoms with E-state index < -0.39 is 0 Å². The van der Waals surface area contributed by atoms with Gasteiger partial charge in [-0.25, -0.2) is 9.97 Å². The van der Waals surface area contributed by atoms with E-state index in [9.17, 15) is 4.79 Å². The van der Waals surface area contributed by atoms with Crippen molar-refractivity contribution in [1.29, 1.82) is 0 Å². The van der Waals surface area contributed by atoms with Gasteiger partial charge in [0, 0.05) is 44.9 Å². The number of rotatable bonds is 7. The van der Waals surface area contributed by atoms with Crippen LogP contribution in [-0.2, 0) is 13.0 Å². The van der Waals surface area contributed by atoms with Crippen molar-refractivity contribution in [2.45, 2.75) is 13.0 Å². The van der Waals surface area contributed by atoms with Crippen molar-refractivity contribution in [2.75, 3.05) is 25.3 Å². The maximum Gasteiger partial charge on any atom is 0.254 e. The van der Waals surface area contributed by atoms with Crippen LogP contribution < -0.4 is 19.7 Å². The predicted octanol–water partition coefficient (Wildman–Crippen LogP) is 2.21. The van der Waals surface area contributed by atoms with Crippen molar-refractivity contribution >= 4 is 11.9 Å². The molecule has 3 aromatic rings. The van der Waals surface area contributed by atoms with Crippen LogP contribution in [0, 0.1) is 0 Å². The number of pyridine rings is 1. The van der Waals surface area contributed by atoms with E-state index in [0.29, 0.717) is 23.8 Å². The van der Waals surface area contributed by atoms with Crippen molar-refractivity contribution < 1.29 is 14.3 Å². The summed E-state index contributed by atoms with van der Waals surface area (Å²) in [6.07, 6.45) is 7.51. The third-order valence-corrected chi connectivity index (χ3v) is 4.62. The van der Waals surface area contributed by atoms with Crippen molar-refractivity contribution in [3.63, 3.8) is 0 Å². The molecule has 148 valence electrons. The molecule has 29 heavy (non-hydrogen) atoms. The van der Waals surface area contributed by atoms with Gasteiger partial charge in [0.25, 0.3) is 5.91 Å². The van der Waals surface area contributed by atoms with Gasteiger partial charge in [-0.05, 0) is 41.8 Å². The molecule has 0 fully saturated rings. The molecule has 1 N–H and O–H groups in total. The number of anilines is 1. The first kappa shape index (κ1) is 18.7. The van der Waals surface area contributed by atoms with Gasteiger partial charge in [-0.3, -0.25) is 9.78 Å². The molecule has 4 rings (SSSR count). The molecule has 1 amide bonds. The van der Waals surface area contributed by atoms with Gasteiger partial charge in [-0.1, -0.05) is 6.07 Å². The minimum atomic E-state index is -0.228. The lowest BCUT2D eigenvalue weighted by Crippen LogP contribution is -2.25. The maximum atomic E-state index is 12.4. The van der Waals surface area contributed by atoms with Crippen LogP contribution in [0.5, 0.6) is 11.5 Å². The van der Waals surface area contributed by atoms with Gasteiger partial charge >= 0.3 is 0 Å². The first-order valence-corrected chi connectivity index (χ1v) is 9.28. The molecule has 2 aromatic heterocycles. The molecule has 3 heterocycles. The molecule has 0 bridgehead atoms. The second-order valence-electron chi connectivity index (χ2n) is 6.67. The highest BCUT2D eigenvalue weighted by Crippen LogP contribution is 2.32. The molecule has 0 saturated heterocycles. The molecule has 8 heteroatoms. The lowest BCUT2D eigenvalue weighted by Gasteiger charge is -2.16. The van der Waals surface area contributed by atoms with Gasteiger partial charge in [0.1, 0.15) is 0 Å². The fourth-order valence-electron chi connectivity index (χ4n) is 2.92. The minimum Gasteiger partial charge on any atom is -0.454 e. The minimum absolute atomic E-state index is 0.228. The molecular weight excluding hydrogens is 370 g/mol. The number of carbonyl (C=O) groups is 1. The number of amides is 1. The lowest BCUT2D eigenvalue weighted by molar-refractivity contribution is 0.0950. The summed E-state index contributed by atoms with van der Waals surface area (Å²) in [6, 6.07) is 9.57. The van der Waals surface area contributed by atoms with Gasteiger partial charge in [-0.15, -0.1) is 0 Å². The Morgan fingerprint density at radius 3 is 2.62 bits per heavy atom. The van der Waals surface area contributed by atoms with Gasteiger partial charge in [0.2, 0.25) is 12.7 Å². The maximum absolute atomic E-state index is 12.4. The fraction of sp³-hybridized carbons (Fsp3) is 0.238. The topological polar surface area (TPSA) is 89.5 Å². The van der Waals surface area contributed by atoms with Crippen LogP contribution in [0.3, 0.4) is 0 Å². The largest absolute Gasteiger partial charge is 0.454 e. The Balaban J connectivity index is 1.30. The van der Waals surface area contributed by atoms with Crippen LogP contribution in [0.4, 0.5) is 5.95 Å². The number of fused-ring (bicyclic) bond motifs is 1. The zero-order valence-electron chi connectivity index (χ0n) is 16.0. The van der Waals surface area contributed by atoms with Crippen LogP contribution in [0.25, 0.3) is 0 Å². The Kier molecular flexibility index (Phi) is 5.51. The predicted molar refractivity (Wildman–Crippen MR) is 107 cm³/mol. The summed E-state index contributed by atoms with van der Waals surface area (Å²) in [6.45, 7) is 1.37. The number of carbonyl (C=O) groups excluding carboxylic acids is 1. The summed E-state index contributed by atoms with van der Waals surface area (Å²) >= 11 is 0. The van der Waals surface area contributed by atoms with E-state index in [2.05, 4.69) is 20.3 Å². The van der Waals surface area contributed by atoms with Crippen LogP contribution >= 0.6 is 0 Å². The molecule has 0 saturated carbocycles. The fourth-order valence-corrected chi connectivity index (χ4v) is 2.92. The molecule has 0 spiro atoms. The first-order chi connectivity index (χ1) is 14.2. The van der Waals surface area contributed by atoms with Gasteiger partial charge in [0.05, 0.1) is 5.56 Å². The highest BCUT2D eigenvalue weighted by molar-refractivity contribution is 5.93. The summed E-state index contributed by atoms with van der Waals surface area (Å²) in [5.74, 6) is 1.76. The average molecular weight is 391 g/mol. The van der Waals surface area contributed by atoms with E-state index in [-0.39, 0.29) is 12.7 Å². The summed E-state index contributed by atoms with van der Waals surface area (Å²) in [5.41, 5.74) is 2.54. The van der Waals surface area contributed by atoms with E-state index in [1.165, 1.54) is 5.56 Å². The first-order valence-electron chi connectivity index (χ1n) is 9.28. The smallest absolute Gasteiger partial charge is 0.254 e. The standard InChI is InChI=1S/C21H21N5O3/c1-26(9-6-15-4-7-22-8-5-15)21-24-12-17(13-25-21)20(27)23-11-16-2-3-18-19(10-16)29-14-28-18/h2-5,7-8,10,12-13H,6,9,11,14H2,1H3,(H,23,27). The SMILES string of the molecule is CN(CCc1ccncc1)c1ncc(C(=O)NCc2ccc3c(c2)OCO3)cn1. The number of nitrogens with zero attached hydrogens (tertiary/aromatic N) is 4. The van der Waals surface area contributed by atoms with E-state index in [4.69, 9.17) is 9.47 Å². The van der Waals surface area contributed by atoms with Crippen molar-refractivity contribution in [1.82, 2.24) is 20.3 Å². The Labute approximate surface area is 168 Å². The Morgan fingerprint density at radius 2 is 1.83 bits per heavy atom. The van der Waals surface area contributed by atoms with E-state index in [1.54, 1.807) is 24.8 Å². The molecule has 0 radical (unpaired) electrons. The zero-order valence-corrected chi connectivity index (χ0v) is 16.0. The second-order valence-corrected chi connectivity index (χ2v) is 6.67. The highest BCUT2D eigenvalue weighted by atomic mass is 16.7.